The fourth-order valence-corrected chi connectivity index (χ4v) is 2.87. The molecule has 1 heterocycles. The third-order valence-corrected chi connectivity index (χ3v) is 3.63. The Kier molecular flexibility index (Phi) is 3.78. The van der Waals surface area contributed by atoms with E-state index in [0.29, 0.717) is 5.69 Å². The number of carbonyl (C=O) groups is 1. The Labute approximate surface area is 105 Å². The van der Waals surface area contributed by atoms with Crippen LogP contribution in [0.25, 0.3) is 0 Å². The number of hydrogen-bond donors (Lipinski definition) is 2. The van der Waals surface area contributed by atoms with Gasteiger partial charge < -0.3 is 10.0 Å². The molecule has 0 unspecified atom stereocenters. The van der Waals surface area contributed by atoms with Crippen molar-refractivity contribution in [1.82, 2.24) is 0 Å². The number of anilines is 2. The van der Waals surface area contributed by atoms with E-state index in [2.05, 4.69) is 16.3 Å². The van der Waals surface area contributed by atoms with Gasteiger partial charge >= 0.3 is 6.09 Å². The minimum Gasteiger partial charge on any atom is -0.465 e. The summed E-state index contributed by atoms with van der Waals surface area (Å²) in [6.45, 7) is 4.04. The Morgan fingerprint density at radius 3 is 2.71 bits per heavy atom. The van der Waals surface area contributed by atoms with Crippen molar-refractivity contribution in [3.05, 3.63) is 23.8 Å². The van der Waals surface area contributed by atoms with Crippen LogP contribution in [0.1, 0.15) is 5.56 Å². The van der Waals surface area contributed by atoms with Crippen molar-refractivity contribution in [1.29, 1.82) is 0 Å². The number of hydrogen-bond acceptors (Lipinski definition) is 3. The molecule has 0 bridgehead atoms. The summed E-state index contributed by atoms with van der Waals surface area (Å²) in [4.78, 5) is 12.9. The topological polar surface area (TPSA) is 52.6 Å². The Bertz CT molecular complexity index is 417. The van der Waals surface area contributed by atoms with Crippen LogP contribution >= 0.6 is 11.8 Å². The van der Waals surface area contributed by atoms with Gasteiger partial charge in [-0.3, -0.25) is 5.32 Å². The van der Waals surface area contributed by atoms with Crippen LogP contribution in [0.5, 0.6) is 0 Å². The van der Waals surface area contributed by atoms with Crippen LogP contribution in [0.15, 0.2) is 18.2 Å². The summed E-state index contributed by atoms with van der Waals surface area (Å²) in [5, 5.41) is 11.1. The highest BCUT2D eigenvalue weighted by Gasteiger charge is 2.12. The molecular weight excluding hydrogens is 236 g/mol. The SMILES string of the molecule is Cc1cc(NC(=O)O)cc(N2CCSCC2)c1. The van der Waals surface area contributed by atoms with Gasteiger partial charge in [-0.25, -0.2) is 4.79 Å². The zero-order valence-corrected chi connectivity index (χ0v) is 10.6. The van der Waals surface area contributed by atoms with Crippen molar-refractivity contribution < 1.29 is 9.90 Å². The normalized spacial score (nSPS) is 15.7. The third kappa shape index (κ3) is 3.30. The van der Waals surface area contributed by atoms with Gasteiger partial charge in [0.2, 0.25) is 0 Å². The monoisotopic (exact) mass is 252 g/mol. The highest BCUT2D eigenvalue weighted by molar-refractivity contribution is 7.99. The molecule has 4 nitrogen and oxygen atoms in total. The van der Waals surface area contributed by atoms with Crippen LogP contribution in [0.2, 0.25) is 0 Å². The summed E-state index contributed by atoms with van der Waals surface area (Å²) in [5.41, 5.74) is 2.82. The summed E-state index contributed by atoms with van der Waals surface area (Å²) in [6.07, 6.45) is -1.02. The van der Waals surface area contributed by atoms with Gasteiger partial charge in [-0.05, 0) is 30.7 Å². The van der Waals surface area contributed by atoms with E-state index in [9.17, 15) is 4.79 Å². The first kappa shape index (κ1) is 12.1. The quantitative estimate of drug-likeness (QED) is 0.849. The zero-order valence-electron chi connectivity index (χ0n) is 9.77. The lowest BCUT2D eigenvalue weighted by molar-refractivity contribution is 0.210. The number of amides is 1. The molecule has 0 aliphatic carbocycles. The molecule has 2 rings (SSSR count). The minimum absolute atomic E-state index is 0.644. The number of aryl methyl sites for hydroxylation is 1. The second kappa shape index (κ2) is 5.31. The van der Waals surface area contributed by atoms with Gasteiger partial charge in [0.1, 0.15) is 0 Å². The lowest BCUT2D eigenvalue weighted by Gasteiger charge is -2.29. The van der Waals surface area contributed by atoms with E-state index in [0.717, 1.165) is 35.8 Å². The van der Waals surface area contributed by atoms with Gasteiger partial charge in [0.15, 0.2) is 0 Å². The molecule has 0 radical (unpaired) electrons. The van der Waals surface area contributed by atoms with Crippen LogP contribution in [0.3, 0.4) is 0 Å². The molecule has 0 spiro atoms. The van der Waals surface area contributed by atoms with Gasteiger partial charge in [-0.2, -0.15) is 11.8 Å². The number of rotatable bonds is 2. The summed E-state index contributed by atoms with van der Waals surface area (Å²) in [6, 6.07) is 5.84. The van der Waals surface area contributed by atoms with Crippen molar-refractivity contribution in [2.75, 3.05) is 34.8 Å². The molecule has 1 aromatic rings. The van der Waals surface area contributed by atoms with Crippen molar-refractivity contribution in [3.8, 4) is 0 Å². The second-order valence-electron chi connectivity index (χ2n) is 4.09. The molecule has 5 heteroatoms. The molecule has 1 saturated heterocycles. The summed E-state index contributed by atoms with van der Waals surface area (Å²) >= 11 is 1.96. The van der Waals surface area contributed by atoms with Crippen molar-refractivity contribution in [3.63, 3.8) is 0 Å². The van der Waals surface area contributed by atoms with Gasteiger partial charge in [-0.1, -0.05) is 0 Å². The predicted octanol–water partition coefficient (Wildman–Crippen LogP) is 2.64. The molecule has 1 aliphatic rings. The Hall–Kier alpha value is -1.36. The van der Waals surface area contributed by atoms with Gasteiger partial charge in [0.25, 0.3) is 0 Å². The Morgan fingerprint density at radius 2 is 2.06 bits per heavy atom. The first-order valence-corrected chi connectivity index (χ1v) is 6.75. The minimum atomic E-state index is -1.02. The smallest absolute Gasteiger partial charge is 0.409 e. The zero-order chi connectivity index (χ0) is 12.3. The number of thioether (sulfide) groups is 1. The second-order valence-corrected chi connectivity index (χ2v) is 5.31. The van der Waals surface area contributed by atoms with Crippen LogP contribution in [-0.4, -0.2) is 35.8 Å². The van der Waals surface area contributed by atoms with Gasteiger partial charge in [0.05, 0.1) is 0 Å². The van der Waals surface area contributed by atoms with E-state index >= 15 is 0 Å². The summed E-state index contributed by atoms with van der Waals surface area (Å²) in [7, 11) is 0. The fraction of sp³-hybridized carbons (Fsp3) is 0.417. The van der Waals surface area contributed by atoms with E-state index in [1.165, 1.54) is 0 Å². The predicted molar refractivity (Wildman–Crippen MR) is 72.4 cm³/mol. The van der Waals surface area contributed by atoms with Crippen LogP contribution in [0, 0.1) is 6.92 Å². The molecule has 1 aliphatic heterocycles. The number of nitrogens with zero attached hydrogens (tertiary/aromatic N) is 1. The lowest BCUT2D eigenvalue weighted by atomic mass is 10.1. The highest BCUT2D eigenvalue weighted by atomic mass is 32.2. The van der Waals surface area contributed by atoms with Crippen LogP contribution in [-0.2, 0) is 0 Å². The standard InChI is InChI=1S/C12H16N2O2S/c1-9-6-10(13-12(15)16)8-11(7-9)14-2-4-17-5-3-14/h6-8,13H,2-5H2,1H3,(H,15,16). The van der Waals surface area contributed by atoms with Crippen molar-refractivity contribution in [2.45, 2.75) is 6.92 Å². The summed E-state index contributed by atoms with van der Waals surface area (Å²) in [5.74, 6) is 2.27. The van der Waals surface area contributed by atoms with E-state index in [-0.39, 0.29) is 0 Å². The molecule has 1 amide bonds. The van der Waals surface area contributed by atoms with Crippen molar-refractivity contribution in [2.24, 2.45) is 0 Å². The van der Waals surface area contributed by atoms with Gasteiger partial charge in [-0.15, -0.1) is 0 Å². The first-order chi connectivity index (χ1) is 8.15. The molecular formula is C12H16N2O2S. The third-order valence-electron chi connectivity index (χ3n) is 2.69. The average molecular weight is 252 g/mol. The van der Waals surface area contributed by atoms with Crippen LogP contribution in [0.4, 0.5) is 16.2 Å². The molecule has 1 aromatic carbocycles. The highest BCUT2D eigenvalue weighted by Crippen LogP contribution is 2.24. The molecule has 0 saturated carbocycles. The molecule has 2 N–H and O–H groups in total. The van der Waals surface area contributed by atoms with E-state index < -0.39 is 6.09 Å². The molecule has 0 atom stereocenters. The average Bonchev–Trinajstić information content (AvgIpc) is 2.28. The van der Waals surface area contributed by atoms with E-state index in [1.54, 1.807) is 0 Å². The maximum absolute atomic E-state index is 10.6. The van der Waals surface area contributed by atoms with E-state index in [1.807, 2.05) is 30.8 Å². The number of benzene rings is 1. The van der Waals surface area contributed by atoms with Gasteiger partial charge in [0, 0.05) is 36.0 Å². The molecule has 1 fully saturated rings. The largest absolute Gasteiger partial charge is 0.465 e. The Balaban J connectivity index is 2.20. The first-order valence-electron chi connectivity index (χ1n) is 5.59. The fourth-order valence-electron chi connectivity index (χ4n) is 1.96. The van der Waals surface area contributed by atoms with Crippen molar-refractivity contribution >= 4 is 29.2 Å². The maximum Gasteiger partial charge on any atom is 0.409 e. The van der Waals surface area contributed by atoms with Crippen LogP contribution < -0.4 is 10.2 Å². The molecule has 17 heavy (non-hydrogen) atoms. The number of nitrogens with one attached hydrogen (secondary N) is 1. The maximum atomic E-state index is 10.6. The molecule has 92 valence electrons. The van der Waals surface area contributed by atoms with E-state index in [4.69, 9.17) is 5.11 Å². The number of carboxylic acid groups (broad SMARTS) is 1. The lowest BCUT2D eigenvalue weighted by Crippen LogP contribution is -2.32. The Morgan fingerprint density at radius 1 is 1.35 bits per heavy atom. The molecule has 0 aromatic heterocycles. The summed E-state index contributed by atoms with van der Waals surface area (Å²) < 4.78 is 0.